The minimum Gasteiger partial charge on any atom is -0.497 e. The van der Waals surface area contributed by atoms with Crippen LogP contribution in [0.25, 0.3) is 11.0 Å². The Labute approximate surface area is 185 Å². The third-order valence-corrected chi connectivity index (χ3v) is 5.09. The number of fused-ring (bicyclic) bond motifs is 1. The predicted octanol–water partition coefficient (Wildman–Crippen LogP) is 4.71. The molecule has 0 spiro atoms. The molecule has 1 N–H and O–H groups in total. The number of ether oxygens (including phenoxy) is 2. The van der Waals surface area contributed by atoms with Gasteiger partial charge in [-0.15, -0.1) is 0 Å². The van der Waals surface area contributed by atoms with E-state index in [9.17, 15) is 4.79 Å². The highest BCUT2D eigenvalue weighted by Crippen LogP contribution is 2.20. The SMILES string of the molecule is COc1cccc(OCCn2c(CNC(=O)c3cccc(Cl)c3)nc3ccccc32)c1. The number of nitrogens with zero attached hydrogens (tertiary/aromatic N) is 2. The van der Waals surface area contributed by atoms with Crippen LogP contribution in [0.15, 0.2) is 72.8 Å². The van der Waals surface area contributed by atoms with Crippen molar-refractivity contribution in [1.82, 2.24) is 14.9 Å². The molecule has 4 rings (SSSR count). The van der Waals surface area contributed by atoms with Crippen LogP contribution in [0.4, 0.5) is 0 Å². The van der Waals surface area contributed by atoms with Crippen LogP contribution >= 0.6 is 11.6 Å². The Balaban J connectivity index is 1.48. The van der Waals surface area contributed by atoms with E-state index in [2.05, 4.69) is 9.88 Å². The molecule has 0 fully saturated rings. The van der Waals surface area contributed by atoms with Gasteiger partial charge in [0, 0.05) is 16.7 Å². The molecular formula is C24H22ClN3O3. The number of carbonyl (C=O) groups is 1. The van der Waals surface area contributed by atoms with Crippen LogP contribution < -0.4 is 14.8 Å². The number of rotatable bonds is 8. The first-order chi connectivity index (χ1) is 15.1. The van der Waals surface area contributed by atoms with Crippen molar-refractivity contribution in [3.8, 4) is 11.5 Å². The van der Waals surface area contributed by atoms with E-state index in [1.165, 1.54) is 0 Å². The number of methoxy groups -OCH3 is 1. The number of hydrogen-bond donors (Lipinski definition) is 1. The Morgan fingerprint density at radius 2 is 1.84 bits per heavy atom. The second-order valence-corrected chi connectivity index (χ2v) is 7.33. The average molecular weight is 436 g/mol. The van der Waals surface area contributed by atoms with Gasteiger partial charge in [0.25, 0.3) is 5.91 Å². The molecule has 158 valence electrons. The van der Waals surface area contributed by atoms with E-state index in [-0.39, 0.29) is 5.91 Å². The summed E-state index contributed by atoms with van der Waals surface area (Å²) in [4.78, 5) is 17.2. The summed E-state index contributed by atoms with van der Waals surface area (Å²) in [5.41, 5.74) is 2.37. The van der Waals surface area contributed by atoms with Gasteiger partial charge < -0.3 is 19.4 Å². The second-order valence-electron chi connectivity index (χ2n) is 6.89. The zero-order chi connectivity index (χ0) is 21.6. The largest absolute Gasteiger partial charge is 0.497 e. The highest BCUT2D eigenvalue weighted by Gasteiger charge is 2.13. The lowest BCUT2D eigenvalue weighted by Gasteiger charge is -2.12. The van der Waals surface area contributed by atoms with E-state index >= 15 is 0 Å². The number of para-hydroxylation sites is 2. The van der Waals surface area contributed by atoms with E-state index < -0.39 is 0 Å². The third kappa shape index (κ3) is 4.98. The summed E-state index contributed by atoms with van der Waals surface area (Å²) in [6, 6.07) is 22.2. The topological polar surface area (TPSA) is 65.4 Å². The Morgan fingerprint density at radius 3 is 2.68 bits per heavy atom. The van der Waals surface area contributed by atoms with Crippen LogP contribution in [0, 0.1) is 0 Å². The first kappa shape index (κ1) is 20.8. The highest BCUT2D eigenvalue weighted by molar-refractivity contribution is 6.30. The van der Waals surface area contributed by atoms with Gasteiger partial charge in [0.1, 0.15) is 23.9 Å². The molecule has 0 aliphatic rings. The zero-order valence-corrected chi connectivity index (χ0v) is 17.8. The lowest BCUT2D eigenvalue weighted by atomic mass is 10.2. The van der Waals surface area contributed by atoms with Crippen LogP contribution in [0.3, 0.4) is 0 Å². The molecule has 1 aromatic heterocycles. The van der Waals surface area contributed by atoms with Gasteiger partial charge in [-0.25, -0.2) is 4.98 Å². The maximum absolute atomic E-state index is 12.5. The molecular weight excluding hydrogens is 414 g/mol. The number of amides is 1. The first-order valence-corrected chi connectivity index (χ1v) is 10.3. The van der Waals surface area contributed by atoms with Crippen LogP contribution in [0.5, 0.6) is 11.5 Å². The summed E-state index contributed by atoms with van der Waals surface area (Å²) >= 11 is 5.99. The highest BCUT2D eigenvalue weighted by atomic mass is 35.5. The Bertz CT molecular complexity index is 1210. The standard InChI is InChI=1S/C24H22ClN3O3/c1-30-19-8-5-9-20(15-19)31-13-12-28-22-11-3-2-10-21(22)27-23(28)16-26-24(29)17-6-4-7-18(25)14-17/h2-11,14-15H,12-13,16H2,1H3,(H,26,29). The number of hydrogen-bond acceptors (Lipinski definition) is 4. The Kier molecular flexibility index (Phi) is 6.38. The number of benzene rings is 3. The molecule has 0 aliphatic heterocycles. The van der Waals surface area contributed by atoms with Crippen LogP contribution in [-0.2, 0) is 13.1 Å². The Morgan fingerprint density at radius 1 is 1.03 bits per heavy atom. The van der Waals surface area contributed by atoms with Gasteiger partial charge in [-0.1, -0.05) is 35.9 Å². The molecule has 0 bridgehead atoms. The van der Waals surface area contributed by atoms with Crippen molar-refractivity contribution in [3.05, 3.63) is 89.2 Å². The van der Waals surface area contributed by atoms with Gasteiger partial charge in [-0.05, 0) is 42.5 Å². The third-order valence-electron chi connectivity index (χ3n) is 4.85. The van der Waals surface area contributed by atoms with Crippen molar-refractivity contribution in [2.75, 3.05) is 13.7 Å². The maximum Gasteiger partial charge on any atom is 0.251 e. The van der Waals surface area contributed by atoms with E-state index in [1.54, 1.807) is 31.4 Å². The summed E-state index contributed by atoms with van der Waals surface area (Å²) in [5, 5.41) is 3.45. The van der Waals surface area contributed by atoms with Crippen molar-refractivity contribution in [2.45, 2.75) is 13.1 Å². The maximum atomic E-state index is 12.5. The van der Waals surface area contributed by atoms with Gasteiger partial charge in [0.15, 0.2) is 0 Å². The van der Waals surface area contributed by atoms with Gasteiger partial charge >= 0.3 is 0 Å². The molecule has 6 nitrogen and oxygen atoms in total. The number of aromatic nitrogens is 2. The fourth-order valence-electron chi connectivity index (χ4n) is 3.35. The molecule has 1 heterocycles. The number of carbonyl (C=O) groups excluding carboxylic acids is 1. The van der Waals surface area contributed by atoms with Gasteiger partial charge in [0.05, 0.1) is 31.2 Å². The molecule has 1 amide bonds. The molecule has 0 saturated heterocycles. The van der Waals surface area contributed by atoms with E-state index in [4.69, 9.17) is 26.1 Å². The van der Waals surface area contributed by atoms with E-state index in [1.807, 2.05) is 48.5 Å². The first-order valence-electron chi connectivity index (χ1n) is 9.89. The minimum absolute atomic E-state index is 0.200. The van der Waals surface area contributed by atoms with E-state index in [0.29, 0.717) is 30.3 Å². The summed E-state index contributed by atoms with van der Waals surface area (Å²) < 4.78 is 13.2. The molecule has 0 unspecified atom stereocenters. The van der Waals surface area contributed by atoms with Gasteiger partial charge in [-0.2, -0.15) is 0 Å². The predicted molar refractivity (Wildman–Crippen MR) is 121 cm³/mol. The summed E-state index contributed by atoms with van der Waals surface area (Å²) in [6.07, 6.45) is 0. The fraction of sp³-hybridized carbons (Fsp3) is 0.167. The number of nitrogens with one attached hydrogen (secondary N) is 1. The molecule has 0 aliphatic carbocycles. The molecule has 0 atom stereocenters. The smallest absolute Gasteiger partial charge is 0.251 e. The van der Waals surface area contributed by atoms with E-state index in [0.717, 1.165) is 28.4 Å². The monoisotopic (exact) mass is 435 g/mol. The minimum atomic E-state index is -0.200. The van der Waals surface area contributed by atoms with Crippen LogP contribution in [0.2, 0.25) is 5.02 Å². The summed E-state index contributed by atoms with van der Waals surface area (Å²) in [7, 11) is 1.63. The van der Waals surface area contributed by atoms with Gasteiger partial charge in [-0.3, -0.25) is 4.79 Å². The van der Waals surface area contributed by atoms with Crippen molar-refractivity contribution in [1.29, 1.82) is 0 Å². The lowest BCUT2D eigenvalue weighted by Crippen LogP contribution is -2.25. The van der Waals surface area contributed by atoms with Crippen molar-refractivity contribution < 1.29 is 14.3 Å². The zero-order valence-electron chi connectivity index (χ0n) is 17.0. The molecule has 0 radical (unpaired) electrons. The van der Waals surface area contributed by atoms with Crippen LogP contribution in [0.1, 0.15) is 16.2 Å². The summed E-state index contributed by atoms with van der Waals surface area (Å²) in [5.74, 6) is 2.04. The average Bonchev–Trinajstić information content (AvgIpc) is 3.15. The molecule has 4 aromatic rings. The number of halogens is 1. The van der Waals surface area contributed by atoms with Crippen molar-refractivity contribution in [3.63, 3.8) is 0 Å². The lowest BCUT2D eigenvalue weighted by molar-refractivity contribution is 0.0949. The fourth-order valence-corrected chi connectivity index (χ4v) is 3.54. The van der Waals surface area contributed by atoms with Crippen molar-refractivity contribution in [2.24, 2.45) is 0 Å². The second kappa shape index (κ2) is 9.53. The van der Waals surface area contributed by atoms with Gasteiger partial charge in [0.2, 0.25) is 0 Å². The molecule has 0 saturated carbocycles. The molecule has 7 heteroatoms. The number of imidazole rings is 1. The van der Waals surface area contributed by atoms with Crippen molar-refractivity contribution >= 4 is 28.5 Å². The van der Waals surface area contributed by atoms with Crippen LogP contribution in [-0.4, -0.2) is 29.2 Å². The quantitative estimate of drug-likeness (QED) is 0.435. The normalized spacial score (nSPS) is 10.8. The molecule has 31 heavy (non-hydrogen) atoms. The summed E-state index contributed by atoms with van der Waals surface area (Å²) in [6.45, 7) is 1.32. The molecule has 3 aromatic carbocycles. The Hall–Kier alpha value is -3.51.